The summed E-state index contributed by atoms with van der Waals surface area (Å²) in [7, 11) is 0. The SMILES string of the molecule is c1ccc2c(c1)CCC1CCc3ccccc3N21. The van der Waals surface area contributed by atoms with Crippen LogP contribution in [0.2, 0.25) is 0 Å². The predicted molar refractivity (Wildman–Crippen MR) is 75.5 cm³/mol. The number of fused-ring (bicyclic) bond motifs is 5. The number of aryl methyl sites for hydroxylation is 2. The van der Waals surface area contributed by atoms with Gasteiger partial charge in [-0.25, -0.2) is 0 Å². The molecule has 18 heavy (non-hydrogen) atoms. The molecule has 0 spiro atoms. The van der Waals surface area contributed by atoms with Crippen molar-refractivity contribution in [1.82, 2.24) is 0 Å². The van der Waals surface area contributed by atoms with Crippen LogP contribution in [0.4, 0.5) is 11.4 Å². The molecule has 0 fully saturated rings. The lowest BCUT2D eigenvalue weighted by Crippen LogP contribution is -2.39. The molecule has 2 aromatic rings. The highest BCUT2D eigenvalue weighted by molar-refractivity contribution is 5.72. The van der Waals surface area contributed by atoms with Crippen LogP contribution in [-0.2, 0) is 12.8 Å². The van der Waals surface area contributed by atoms with Gasteiger partial charge in [0.25, 0.3) is 0 Å². The van der Waals surface area contributed by atoms with Crippen LogP contribution in [-0.4, -0.2) is 6.04 Å². The van der Waals surface area contributed by atoms with E-state index < -0.39 is 0 Å². The summed E-state index contributed by atoms with van der Waals surface area (Å²) in [4.78, 5) is 2.58. The van der Waals surface area contributed by atoms with Crippen molar-refractivity contribution in [1.29, 1.82) is 0 Å². The second-order valence-corrected chi connectivity index (χ2v) is 5.36. The maximum absolute atomic E-state index is 2.58. The van der Waals surface area contributed by atoms with Gasteiger partial charge in [0.2, 0.25) is 0 Å². The maximum atomic E-state index is 2.58. The van der Waals surface area contributed by atoms with E-state index >= 15 is 0 Å². The van der Waals surface area contributed by atoms with E-state index in [9.17, 15) is 0 Å². The molecule has 0 aliphatic carbocycles. The second kappa shape index (κ2) is 3.88. The molecule has 1 nitrogen and oxygen atoms in total. The minimum absolute atomic E-state index is 0.704. The van der Waals surface area contributed by atoms with Gasteiger partial charge in [0.1, 0.15) is 0 Å². The minimum Gasteiger partial charge on any atom is -0.338 e. The topological polar surface area (TPSA) is 3.24 Å². The van der Waals surface area contributed by atoms with Crippen molar-refractivity contribution in [2.45, 2.75) is 31.7 Å². The van der Waals surface area contributed by atoms with E-state index in [2.05, 4.69) is 53.4 Å². The van der Waals surface area contributed by atoms with Crippen LogP contribution in [0.5, 0.6) is 0 Å². The highest BCUT2D eigenvalue weighted by atomic mass is 15.2. The van der Waals surface area contributed by atoms with Crippen molar-refractivity contribution < 1.29 is 0 Å². The molecule has 0 bridgehead atoms. The van der Waals surface area contributed by atoms with E-state index in [4.69, 9.17) is 0 Å². The molecule has 0 unspecified atom stereocenters. The van der Waals surface area contributed by atoms with Crippen LogP contribution in [0.3, 0.4) is 0 Å². The van der Waals surface area contributed by atoms with Crippen LogP contribution >= 0.6 is 0 Å². The van der Waals surface area contributed by atoms with E-state index in [1.165, 1.54) is 48.2 Å². The first-order chi connectivity index (χ1) is 8.93. The Morgan fingerprint density at radius 2 is 1.22 bits per heavy atom. The first kappa shape index (κ1) is 10.2. The molecule has 0 atom stereocenters. The Morgan fingerprint density at radius 3 is 1.78 bits per heavy atom. The van der Waals surface area contributed by atoms with Crippen LogP contribution < -0.4 is 4.90 Å². The number of rotatable bonds is 0. The summed E-state index contributed by atoms with van der Waals surface area (Å²) in [6.45, 7) is 0. The van der Waals surface area contributed by atoms with Gasteiger partial charge in [0.05, 0.1) is 0 Å². The van der Waals surface area contributed by atoms with Gasteiger partial charge in [-0.05, 0) is 48.9 Å². The molecule has 0 N–H and O–H groups in total. The molecule has 0 radical (unpaired) electrons. The molecule has 2 heterocycles. The fourth-order valence-corrected chi connectivity index (χ4v) is 3.48. The van der Waals surface area contributed by atoms with Crippen molar-refractivity contribution in [3.05, 3.63) is 59.7 Å². The molecule has 1 heteroatoms. The lowest BCUT2D eigenvalue weighted by Gasteiger charge is -2.43. The van der Waals surface area contributed by atoms with E-state index in [1.807, 2.05) is 0 Å². The average molecular weight is 235 g/mol. The molecule has 0 saturated carbocycles. The predicted octanol–water partition coefficient (Wildman–Crippen LogP) is 4.09. The lowest BCUT2D eigenvalue weighted by molar-refractivity contribution is 0.518. The van der Waals surface area contributed by atoms with Crippen molar-refractivity contribution in [2.75, 3.05) is 4.90 Å². The van der Waals surface area contributed by atoms with Gasteiger partial charge in [-0.2, -0.15) is 0 Å². The van der Waals surface area contributed by atoms with E-state index in [-0.39, 0.29) is 0 Å². The Kier molecular flexibility index (Phi) is 2.19. The number of benzene rings is 2. The maximum Gasteiger partial charge on any atom is 0.0445 e. The van der Waals surface area contributed by atoms with Gasteiger partial charge < -0.3 is 4.90 Å². The van der Waals surface area contributed by atoms with Crippen LogP contribution in [0.1, 0.15) is 24.0 Å². The molecule has 0 amide bonds. The molecule has 4 rings (SSSR count). The van der Waals surface area contributed by atoms with E-state index in [0.717, 1.165) is 0 Å². The summed E-state index contributed by atoms with van der Waals surface area (Å²) in [6.07, 6.45) is 5.07. The van der Waals surface area contributed by atoms with Gasteiger partial charge >= 0.3 is 0 Å². The Balaban J connectivity index is 1.91. The van der Waals surface area contributed by atoms with E-state index in [1.54, 1.807) is 0 Å². The number of hydrogen-bond donors (Lipinski definition) is 0. The molecule has 2 aliphatic heterocycles. The van der Waals surface area contributed by atoms with Gasteiger partial charge in [0.15, 0.2) is 0 Å². The summed E-state index contributed by atoms with van der Waals surface area (Å²) >= 11 is 0. The summed E-state index contributed by atoms with van der Waals surface area (Å²) in [5.74, 6) is 0. The molecule has 90 valence electrons. The van der Waals surface area contributed by atoms with Crippen molar-refractivity contribution >= 4 is 11.4 Å². The Hall–Kier alpha value is -1.76. The number of hydrogen-bond acceptors (Lipinski definition) is 1. The third kappa shape index (κ3) is 1.40. The fraction of sp³-hybridized carbons (Fsp3) is 0.294. The molecule has 2 aromatic carbocycles. The zero-order valence-electron chi connectivity index (χ0n) is 10.5. The zero-order chi connectivity index (χ0) is 11.9. The van der Waals surface area contributed by atoms with E-state index in [0.29, 0.717) is 6.04 Å². The Bertz CT molecular complexity index is 536. The highest BCUT2D eigenvalue weighted by Crippen LogP contribution is 2.42. The summed E-state index contributed by atoms with van der Waals surface area (Å²) < 4.78 is 0. The summed E-state index contributed by atoms with van der Waals surface area (Å²) in [5.41, 5.74) is 5.87. The Morgan fingerprint density at radius 1 is 0.722 bits per heavy atom. The molecule has 2 aliphatic rings. The van der Waals surface area contributed by atoms with Gasteiger partial charge in [-0.1, -0.05) is 36.4 Å². The van der Waals surface area contributed by atoms with Crippen LogP contribution in [0, 0.1) is 0 Å². The Labute approximate surface area is 108 Å². The van der Waals surface area contributed by atoms with Gasteiger partial charge in [-0.15, -0.1) is 0 Å². The number of para-hydroxylation sites is 2. The number of anilines is 2. The molecule has 0 aromatic heterocycles. The third-order valence-corrected chi connectivity index (χ3v) is 4.36. The van der Waals surface area contributed by atoms with Crippen LogP contribution in [0.25, 0.3) is 0 Å². The molecular weight excluding hydrogens is 218 g/mol. The van der Waals surface area contributed by atoms with Crippen molar-refractivity contribution in [3.63, 3.8) is 0 Å². The third-order valence-electron chi connectivity index (χ3n) is 4.36. The lowest BCUT2D eigenvalue weighted by atomic mass is 9.87. The smallest absolute Gasteiger partial charge is 0.0445 e. The second-order valence-electron chi connectivity index (χ2n) is 5.36. The minimum atomic E-state index is 0.704. The molecule has 0 saturated heterocycles. The van der Waals surface area contributed by atoms with Crippen molar-refractivity contribution in [3.8, 4) is 0 Å². The normalized spacial score (nSPS) is 17.9. The fourth-order valence-electron chi connectivity index (χ4n) is 3.48. The average Bonchev–Trinajstić information content (AvgIpc) is 2.46. The highest BCUT2D eigenvalue weighted by Gasteiger charge is 2.31. The largest absolute Gasteiger partial charge is 0.338 e. The van der Waals surface area contributed by atoms with Crippen LogP contribution in [0.15, 0.2) is 48.5 Å². The molecular formula is C17H17N. The van der Waals surface area contributed by atoms with Crippen molar-refractivity contribution in [2.24, 2.45) is 0 Å². The monoisotopic (exact) mass is 235 g/mol. The number of nitrogens with zero attached hydrogens (tertiary/aromatic N) is 1. The summed E-state index contributed by atoms with van der Waals surface area (Å²) in [5, 5.41) is 0. The van der Waals surface area contributed by atoms with Gasteiger partial charge in [0, 0.05) is 17.4 Å². The quantitative estimate of drug-likeness (QED) is 0.665. The first-order valence-electron chi connectivity index (χ1n) is 6.88. The zero-order valence-corrected chi connectivity index (χ0v) is 10.5. The first-order valence-corrected chi connectivity index (χ1v) is 6.88. The van der Waals surface area contributed by atoms with Gasteiger partial charge in [-0.3, -0.25) is 0 Å². The summed E-state index contributed by atoms with van der Waals surface area (Å²) in [6, 6.07) is 18.5. The standard InChI is InChI=1S/C17H17N/c1-3-7-16-13(5-1)9-11-15-12-10-14-6-2-4-8-17(14)18(15)16/h1-8,15H,9-12H2.